The van der Waals surface area contributed by atoms with Crippen molar-refractivity contribution in [2.45, 2.75) is 32.6 Å². The van der Waals surface area contributed by atoms with Crippen LogP contribution in [-0.4, -0.2) is 51.4 Å². The molecule has 2 atom stereocenters. The van der Waals surface area contributed by atoms with E-state index in [9.17, 15) is 4.39 Å². The normalized spacial score (nSPS) is 19.6. The van der Waals surface area contributed by atoms with Gasteiger partial charge in [-0.25, -0.2) is 9.38 Å². The number of nitrogens with zero attached hydrogens (tertiary/aromatic N) is 5. The Morgan fingerprint density at radius 1 is 1.34 bits per heavy atom. The van der Waals surface area contributed by atoms with Crippen LogP contribution in [0.4, 0.5) is 4.39 Å². The van der Waals surface area contributed by atoms with E-state index in [1.54, 1.807) is 18.2 Å². The van der Waals surface area contributed by atoms with Gasteiger partial charge in [-0.15, -0.1) is 40.8 Å². The first-order valence-corrected chi connectivity index (χ1v) is 9.38. The third kappa shape index (κ3) is 5.99. The number of ether oxygens (including phenoxy) is 1. The summed E-state index contributed by atoms with van der Waals surface area (Å²) in [5.41, 5.74) is 0.949. The summed E-state index contributed by atoms with van der Waals surface area (Å²) < 4.78 is 21.3. The van der Waals surface area contributed by atoms with Gasteiger partial charge in [0.2, 0.25) is 0 Å². The Morgan fingerprint density at radius 2 is 2.07 bits per heavy atom. The van der Waals surface area contributed by atoms with E-state index in [2.05, 4.69) is 27.0 Å². The number of nitrogens with one attached hydrogen (secondary N) is 1. The first-order valence-electron chi connectivity index (χ1n) is 9.38. The molecule has 1 aromatic carbocycles. The summed E-state index contributed by atoms with van der Waals surface area (Å²) in [4.78, 5) is 6.91. The molecule has 158 valence electrons. The SMILES string of the molecule is C=CCNC(=NCc1nnc(C)n1C)N1CC(C)OC(c2ccc(F)cc2)C1.I. The average molecular weight is 514 g/mol. The highest BCUT2D eigenvalue weighted by molar-refractivity contribution is 14.0. The molecule has 0 radical (unpaired) electrons. The lowest BCUT2D eigenvalue weighted by atomic mass is 10.1. The summed E-state index contributed by atoms with van der Waals surface area (Å²) >= 11 is 0. The quantitative estimate of drug-likeness (QED) is 0.288. The van der Waals surface area contributed by atoms with E-state index in [0.717, 1.165) is 23.2 Å². The van der Waals surface area contributed by atoms with Crippen LogP contribution in [0.1, 0.15) is 30.2 Å². The summed E-state index contributed by atoms with van der Waals surface area (Å²) in [5.74, 6) is 2.16. The van der Waals surface area contributed by atoms with Gasteiger partial charge < -0.3 is 19.5 Å². The first kappa shape index (κ1) is 23.3. The number of hydrogen-bond donors (Lipinski definition) is 1. The maximum Gasteiger partial charge on any atom is 0.194 e. The fraction of sp³-hybridized carbons (Fsp3) is 0.450. The van der Waals surface area contributed by atoms with E-state index in [1.807, 2.05) is 25.5 Å². The van der Waals surface area contributed by atoms with Gasteiger partial charge in [0.25, 0.3) is 0 Å². The van der Waals surface area contributed by atoms with Gasteiger partial charge in [0, 0.05) is 20.1 Å². The van der Waals surface area contributed by atoms with Gasteiger partial charge in [-0.05, 0) is 31.5 Å². The molecule has 0 aliphatic carbocycles. The number of benzene rings is 1. The van der Waals surface area contributed by atoms with Crippen molar-refractivity contribution in [3.05, 3.63) is 59.9 Å². The zero-order chi connectivity index (χ0) is 20.1. The fourth-order valence-corrected chi connectivity index (χ4v) is 3.15. The van der Waals surface area contributed by atoms with Crippen LogP contribution in [0.25, 0.3) is 0 Å². The molecule has 0 spiro atoms. The fourth-order valence-electron chi connectivity index (χ4n) is 3.15. The molecule has 0 amide bonds. The molecule has 29 heavy (non-hydrogen) atoms. The molecular formula is C20H28FIN6O. The molecule has 0 bridgehead atoms. The van der Waals surface area contributed by atoms with Crippen molar-refractivity contribution in [3.8, 4) is 0 Å². The van der Waals surface area contributed by atoms with Crippen LogP contribution in [-0.2, 0) is 18.3 Å². The zero-order valence-electron chi connectivity index (χ0n) is 17.0. The van der Waals surface area contributed by atoms with E-state index < -0.39 is 0 Å². The molecule has 1 N–H and O–H groups in total. The molecule has 1 fully saturated rings. The summed E-state index contributed by atoms with van der Waals surface area (Å²) in [6, 6.07) is 6.46. The molecule has 3 rings (SSSR count). The summed E-state index contributed by atoms with van der Waals surface area (Å²) in [6.45, 7) is 10.1. The van der Waals surface area contributed by atoms with Crippen molar-refractivity contribution in [3.63, 3.8) is 0 Å². The Balaban J connectivity index is 0.00000300. The van der Waals surface area contributed by atoms with E-state index in [-0.39, 0.29) is 42.0 Å². The Hall–Kier alpha value is -2.01. The molecule has 9 heteroatoms. The Bertz CT molecular complexity index is 838. The number of morpholine rings is 1. The third-order valence-corrected chi connectivity index (χ3v) is 4.76. The standard InChI is InChI=1S/C20H27FN6O.HI/c1-5-10-22-20(23-11-19-25-24-15(3)26(19)4)27-12-14(2)28-18(13-27)16-6-8-17(21)9-7-16;/h5-9,14,18H,1,10-13H2,2-4H3,(H,22,23);1H. The van der Waals surface area contributed by atoms with Crippen LogP contribution < -0.4 is 5.32 Å². The highest BCUT2D eigenvalue weighted by Gasteiger charge is 2.28. The molecule has 2 aromatic rings. The van der Waals surface area contributed by atoms with Crippen molar-refractivity contribution in [1.29, 1.82) is 0 Å². The molecule has 0 saturated carbocycles. The molecule has 1 aliphatic rings. The van der Waals surface area contributed by atoms with Crippen molar-refractivity contribution in [2.75, 3.05) is 19.6 Å². The van der Waals surface area contributed by atoms with Crippen LogP contribution in [0.15, 0.2) is 41.9 Å². The third-order valence-electron chi connectivity index (χ3n) is 4.76. The number of aromatic nitrogens is 3. The Kier molecular flexibility index (Phi) is 8.57. The topological polar surface area (TPSA) is 67.6 Å². The minimum Gasteiger partial charge on any atom is -0.367 e. The second kappa shape index (κ2) is 10.7. The molecule has 1 aliphatic heterocycles. The predicted octanol–water partition coefficient (Wildman–Crippen LogP) is 2.97. The highest BCUT2D eigenvalue weighted by Crippen LogP contribution is 2.25. The predicted molar refractivity (Wildman–Crippen MR) is 122 cm³/mol. The van der Waals surface area contributed by atoms with Gasteiger partial charge in [0.15, 0.2) is 11.8 Å². The van der Waals surface area contributed by atoms with Gasteiger partial charge in [-0.2, -0.15) is 0 Å². The number of aryl methyl sites for hydroxylation is 1. The summed E-state index contributed by atoms with van der Waals surface area (Å²) in [7, 11) is 1.93. The van der Waals surface area contributed by atoms with E-state index in [1.165, 1.54) is 12.1 Å². The summed E-state index contributed by atoms with van der Waals surface area (Å²) in [5, 5.41) is 11.6. The second-order valence-electron chi connectivity index (χ2n) is 6.92. The number of aliphatic imine (C=N–C) groups is 1. The molecule has 2 heterocycles. The maximum atomic E-state index is 13.3. The van der Waals surface area contributed by atoms with Crippen molar-refractivity contribution in [2.24, 2.45) is 12.0 Å². The number of guanidine groups is 1. The van der Waals surface area contributed by atoms with Crippen LogP contribution >= 0.6 is 24.0 Å². The second-order valence-corrected chi connectivity index (χ2v) is 6.92. The number of hydrogen-bond acceptors (Lipinski definition) is 4. The van der Waals surface area contributed by atoms with E-state index >= 15 is 0 Å². The van der Waals surface area contributed by atoms with Crippen molar-refractivity contribution >= 4 is 29.9 Å². The lowest BCUT2D eigenvalue weighted by Gasteiger charge is -2.38. The molecular weight excluding hydrogens is 486 g/mol. The van der Waals surface area contributed by atoms with Crippen molar-refractivity contribution < 1.29 is 9.13 Å². The minimum absolute atomic E-state index is 0. The zero-order valence-corrected chi connectivity index (χ0v) is 19.3. The smallest absolute Gasteiger partial charge is 0.194 e. The van der Waals surface area contributed by atoms with Gasteiger partial charge in [-0.1, -0.05) is 18.2 Å². The Morgan fingerprint density at radius 3 is 2.69 bits per heavy atom. The van der Waals surface area contributed by atoms with Gasteiger partial charge in [0.1, 0.15) is 24.3 Å². The lowest BCUT2D eigenvalue weighted by Crippen LogP contribution is -2.50. The molecule has 2 unspecified atom stereocenters. The lowest BCUT2D eigenvalue weighted by molar-refractivity contribution is -0.0605. The number of rotatable bonds is 5. The van der Waals surface area contributed by atoms with Gasteiger partial charge in [0.05, 0.1) is 12.6 Å². The Labute approximate surface area is 188 Å². The molecule has 1 saturated heterocycles. The monoisotopic (exact) mass is 514 g/mol. The molecule has 7 nitrogen and oxygen atoms in total. The van der Waals surface area contributed by atoms with E-state index in [0.29, 0.717) is 26.2 Å². The largest absolute Gasteiger partial charge is 0.367 e. The van der Waals surface area contributed by atoms with Crippen LogP contribution in [0.5, 0.6) is 0 Å². The molecule has 1 aromatic heterocycles. The first-order chi connectivity index (χ1) is 13.5. The van der Waals surface area contributed by atoms with Gasteiger partial charge in [-0.3, -0.25) is 0 Å². The maximum absolute atomic E-state index is 13.3. The highest BCUT2D eigenvalue weighted by atomic mass is 127. The van der Waals surface area contributed by atoms with Crippen LogP contribution in [0.2, 0.25) is 0 Å². The van der Waals surface area contributed by atoms with Gasteiger partial charge >= 0.3 is 0 Å². The van der Waals surface area contributed by atoms with E-state index in [4.69, 9.17) is 9.73 Å². The average Bonchev–Trinajstić information content (AvgIpc) is 3.00. The van der Waals surface area contributed by atoms with Crippen LogP contribution in [0, 0.1) is 12.7 Å². The van der Waals surface area contributed by atoms with Crippen LogP contribution in [0.3, 0.4) is 0 Å². The number of halogens is 2. The minimum atomic E-state index is -0.252. The summed E-state index contributed by atoms with van der Waals surface area (Å²) in [6.07, 6.45) is 1.65. The van der Waals surface area contributed by atoms with Crippen molar-refractivity contribution in [1.82, 2.24) is 25.0 Å².